The highest BCUT2D eigenvalue weighted by Crippen LogP contribution is 2.42. The molecule has 1 N–H and O–H groups in total. The summed E-state index contributed by atoms with van der Waals surface area (Å²) >= 11 is 9.62. The van der Waals surface area contributed by atoms with Crippen LogP contribution < -0.4 is 5.32 Å². The van der Waals surface area contributed by atoms with Crippen LogP contribution in [0.5, 0.6) is 0 Å². The molecule has 0 spiro atoms. The molecule has 1 heterocycles. The molecule has 1 nitrogen and oxygen atoms in total. The predicted octanol–water partition coefficient (Wildman–Crippen LogP) is 4.24. The van der Waals surface area contributed by atoms with Crippen molar-refractivity contribution in [2.45, 2.75) is 31.7 Å². The molecule has 1 aromatic rings. The summed E-state index contributed by atoms with van der Waals surface area (Å²) in [5.74, 6) is 0.917. The summed E-state index contributed by atoms with van der Waals surface area (Å²) in [6.45, 7) is 0. The van der Waals surface area contributed by atoms with Crippen molar-refractivity contribution in [1.82, 2.24) is 0 Å². The second kappa shape index (κ2) is 3.67. The van der Waals surface area contributed by atoms with Crippen LogP contribution in [-0.2, 0) is 6.42 Å². The first-order valence-electron chi connectivity index (χ1n) is 5.48. The molecule has 0 saturated heterocycles. The SMILES string of the molecule is Clc1cc(Br)c2c(c1)CCC(C1CC1)N2. The molecule has 0 bridgehead atoms. The van der Waals surface area contributed by atoms with Gasteiger partial charge in [-0.3, -0.25) is 0 Å². The molecular formula is C12H13BrClN. The summed E-state index contributed by atoms with van der Waals surface area (Å²) in [5, 5.41) is 4.48. The number of nitrogens with one attached hydrogen (secondary N) is 1. The number of hydrogen-bond acceptors (Lipinski definition) is 1. The first-order chi connectivity index (χ1) is 7.24. The normalized spacial score (nSPS) is 24.5. The van der Waals surface area contributed by atoms with Gasteiger partial charge in [0.1, 0.15) is 0 Å². The molecule has 3 rings (SSSR count). The lowest BCUT2D eigenvalue weighted by molar-refractivity contribution is 0.569. The van der Waals surface area contributed by atoms with Gasteiger partial charge in [0.05, 0.1) is 5.69 Å². The van der Waals surface area contributed by atoms with Crippen molar-refractivity contribution in [3.63, 3.8) is 0 Å². The molecule has 1 saturated carbocycles. The van der Waals surface area contributed by atoms with Crippen molar-refractivity contribution in [3.05, 3.63) is 27.2 Å². The molecule has 1 fully saturated rings. The van der Waals surface area contributed by atoms with E-state index in [1.807, 2.05) is 6.07 Å². The van der Waals surface area contributed by atoms with Crippen LogP contribution in [0.4, 0.5) is 5.69 Å². The summed E-state index contributed by atoms with van der Waals surface area (Å²) in [7, 11) is 0. The Morgan fingerprint density at radius 1 is 1.27 bits per heavy atom. The van der Waals surface area contributed by atoms with Gasteiger partial charge in [0.15, 0.2) is 0 Å². The van der Waals surface area contributed by atoms with E-state index in [-0.39, 0.29) is 0 Å². The lowest BCUT2D eigenvalue weighted by atomic mass is 9.95. The van der Waals surface area contributed by atoms with Gasteiger partial charge in [-0.25, -0.2) is 0 Å². The Balaban J connectivity index is 1.93. The van der Waals surface area contributed by atoms with Gasteiger partial charge in [-0.2, -0.15) is 0 Å². The number of aryl methyl sites for hydroxylation is 1. The fraction of sp³-hybridized carbons (Fsp3) is 0.500. The minimum Gasteiger partial charge on any atom is -0.381 e. The predicted molar refractivity (Wildman–Crippen MR) is 67.6 cm³/mol. The summed E-state index contributed by atoms with van der Waals surface area (Å²) in [6.07, 6.45) is 5.21. The van der Waals surface area contributed by atoms with Crippen molar-refractivity contribution in [2.24, 2.45) is 5.92 Å². The number of fused-ring (bicyclic) bond motifs is 1. The van der Waals surface area contributed by atoms with Crippen molar-refractivity contribution < 1.29 is 0 Å². The summed E-state index contributed by atoms with van der Waals surface area (Å²) < 4.78 is 1.11. The Morgan fingerprint density at radius 3 is 2.80 bits per heavy atom. The Hall–Kier alpha value is -0.210. The molecule has 1 unspecified atom stereocenters. The average Bonchev–Trinajstić information content (AvgIpc) is 3.00. The van der Waals surface area contributed by atoms with Crippen molar-refractivity contribution in [3.8, 4) is 0 Å². The van der Waals surface area contributed by atoms with Gasteiger partial charge in [0, 0.05) is 15.5 Å². The highest BCUT2D eigenvalue weighted by atomic mass is 79.9. The van der Waals surface area contributed by atoms with E-state index in [4.69, 9.17) is 11.6 Å². The molecule has 1 atom stereocenters. The van der Waals surface area contributed by atoms with E-state index in [1.165, 1.54) is 30.5 Å². The van der Waals surface area contributed by atoms with Crippen molar-refractivity contribution >= 4 is 33.2 Å². The highest BCUT2D eigenvalue weighted by molar-refractivity contribution is 9.10. The number of halogens is 2. The molecule has 1 aliphatic carbocycles. The quantitative estimate of drug-likeness (QED) is 0.814. The summed E-state index contributed by atoms with van der Waals surface area (Å²) in [6, 6.07) is 4.75. The molecule has 80 valence electrons. The van der Waals surface area contributed by atoms with Gasteiger partial charge in [0.2, 0.25) is 0 Å². The van der Waals surface area contributed by atoms with Crippen LogP contribution in [0.25, 0.3) is 0 Å². The maximum absolute atomic E-state index is 6.04. The summed E-state index contributed by atoms with van der Waals surface area (Å²) in [4.78, 5) is 0. The average molecular weight is 287 g/mol. The number of anilines is 1. The first kappa shape index (κ1) is 9.98. The molecule has 0 amide bonds. The lowest BCUT2D eigenvalue weighted by Crippen LogP contribution is -2.27. The fourth-order valence-corrected chi connectivity index (χ4v) is 3.39. The van der Waals surface area contributed by atoms with E-state index in [9.17, 15) is 0 Å². The molecule has 1 aliphatic heterocycles. The standard InChI is InChI=1S/C12H13BrClN/c13-10-6-9(14)5-8-3-4-11(7-1-2-7)15-12(8)10/h5-7,11,15H,1-4H2. The van der Waals surface area contributed by atoms with Crippen LogP contribution in [0.1, 0.15) is 24.8 Å². The van der Waals surface area contributed by atoms with Crippen LogP contribution in [0.3, 0.4) is 0 Å². The van der Waals surface area contributed by atoms with Crippen LogP contribution in [0.15, 0.2) is 16.6 Å². The van der Waals surface area contributed by atoms with E-state index in [0.29, 0.717) is 6.04 Å². The zero-order valence-electron chi connectivity index (χ0n) is 8.39. The van der Waals surface area contributed by atoms with E-state index >= 15 is 0 Å². The van der Waals surface area contributed by atoms with Crippen LogP contribution in [-0.4, -0.2) is 6.04 Å². The minimum atomic E-state index is 0.690. The fourth-order valence-electron chi connectivity index (χ4n) is 2.41. The molecule has 1 aromatic carbocycles. The highest BCUT2D eigenvalue weighted by Gasteiger charge is 2.33. The molecule has 15 heavy (non-hydrogen) atoms. The molecule has 0 aromatic heterocycles. The monoisotopic (exact) mass is 285 g/mol. The van der Waals surface area contributed by atoms with E-state index < -0.39 is 0 Å². The van der Waals surface area contributed by atoms with Crippen LogP contribution in [0.2, 0.25) is 5.02 Å². The van der Waals surface area contributed by atoms with Gasteiger partial charge in [-0.15, -0.1) is 0 Å². The van der Waals surface area contributed by atoms with Gasteiger partial charge in [-0.05, 0) is 65.2 Å². The van der Waals surface area contributed by atoms with Crippen LogP contribution >= 0.6 is 27.5 Å². The zero-order chi connectivity index (χ0) is 10.4. The summed E-state index contributed by atoms with van der Waals surface area (Å²) in [5.41, 5.74) is 2.62. The number of hydrogen-bond donors (Lipinski definition) is 1. The first-order valence-corrected chi connectivity index (χ1v) is 6.65. The second-order valence-electron chi connectivity index (χ2n) is 4.55. The largest absolute Gasteiger partial charge is 0.381 e. The van der Waals surface area contributed by atoms with Gasteiger partial charge in [-0.1, -0.05) is 11.6 Å². The maximum Gasteiger partial charge on any atom is 0.0520 e. The Bertz CT molecular complexity index is 401. The van der Waals surface area contributed by atoms with E-state index in [2.05, 4.69) is 27.3 Å². The Labute approximate surface area is 103 Å². The van der Waals surface area contributed by atoms with Crippen molar-refractivity contribution in [1.29, 1.82) is 0 Å². The Morgan fingerprint density at radius 2 is 2.07 bits per heavy atom. The molecular weight excluding hydrogens is 273 g/mol. The van der Waals surface area contributed by atoms with Gasteiger partial charge < -0.3 is 5.32 Å². The van der Waals surface area contributed by atoms with E-state index in [0.717, 1.165) is 21.8 Å². The second-order valence-corrected chi connectivity index (χ2v) is 5.84. The topological polar surface area (TPSA) is 12.0 Å². The van der Waals surface area contributed by atoms with Crippen molar-refractivity contribution in [2.75, 3.05) is 5.32 Å². The third-order valence-electron chi connectivity index (χ3n) is 3.38. The third kappa shape index (κ3) is 1.90. The molecule has 0 radical (unpaired) electrons. The number of benzene rings is 1. The molecule has 3 heteroatoms. The minimum absolute atomic E-state index is 0.690. The van der Waals surface area contributed by atoms with E-state index in [1.54, 1.807) is 0 Å². The maximum atomic E-state index is 6.04. The number of rotatable bonds is 1. The third-order valence-corrected chi connectivity index (χ3v) is 4.23. The molecule has 2 aliphatic rings. The van der Waals surface area contributed by atoms with Crippen LogP contribution in [0, 0.1) is 5.92 Å². The van der Waals surface area contributed by atoms with Gasteiger partial charge >= 0.3 is 0 Å². The lowest BCUT2D eigenvalue weighted by Gasteiger charge is -2.28. The Kier molecular flexibility index (Phi) is 2.44. The zero-order valence-corrected chi connectivity index (χ0v) is 10.7. The van der Waals surface area contributed by atoms with Gasteiger partial charge in [0.25, 0.3) is 0 Å². The smallest absolute Gasteiger partial charge is 0.0520 e.